The molecule has 1 atom stereocenters. The van der Waals surface area contributed by atoms with Gasteiger partial charge in [0.2, 0.25) is 0 Å². The van der Waals surface area contributed by atoms with Crippen LogP contribution in [0.25, 0.3) is 6.08 Å². The lowest BCUT2D eigenvalue weighted by molar-refractivity contribution is -0.131. The Bertz CT molecular complexity index is 493. The van der Waals surface area contributed by atoms with E-state index in [9.17, 15) is 4.79 Å². The summed E-state index contributed by atoms with van der Waals surface area (Å²) < 4.78 is 5.38. The average molecular weight is 262 g/mol. The van der Waals surface area contributed by atoms with Gasteiger partial charge in [0, 0.05) is 25.9 Å². The number of rotatable bonds is 4. The van der Waals surface area contributed by atoms with Gasteiger partial charge in [0.15, 0.2) is 0 Å². The molecular formula is C14H18N2O3. The minimum atomic E-state index is -0.957. The van der Waals surface area contributed by atoms with Gasteiger partial charge in [-0.2, -0.15) is 0 Å². The number of hydrogen-bond donors (Lipinski definition) is 1. The predicted molar refractivity (Wildman–Crippen MR) is 73.3 cm³/mol. The van der Waals surface area contributed by atoms with E-state index in [1.54, 1.807) is 12.3 Å². The molecule has 0 aromatic carbocycles. The molecule has 0 bridgehead atoms. The first-order valence-corrected chi connectivity index (χ1v) is 6.26. The molecule has 1 fully saturated rings. The molecule has 5 heteroatoms. The molecule has 2 rings (SSSR count). The highest BCUT2D eigenvalue weighted by molar-refractivity contribution is 5.85. The number of aryl methyl sites for hydroxylation is 1. The van der Waals surface area contributed by atoms with Crippen molar-refractivity contribution < 1.29 is 14.6 Å². The third-order valence-electron chi connectivity index (χ3n) is 3.28. The first-order chi connectivity index (χ1) is 9.08. The summed E-state index contributed by atoms with van der Waals surface area (Å²) in [7, 11) is 2.02. The third kappa shape index (κ3) is 3.32. The number of pyridine rings is 1. The summed E-state index contributed by atoms with van der Waals surface area (Å²) in [5.41, 5.74) is 1.82. The first kappa shape index (κ1) is 13.5. The number of carbonyl (C=O) groups is 1. The Morgan fingerprint density at radius 2 is 2.42 bits per heavy atom. The third-order valence-corrected chi connectivity index (χ3v) is 3.28. The second-order valence-corrected chi connectivity index (χ2v) is 4.71. The molecule has 2 heterocycles. The van der Waals surface area contributed by atoms with Gasteiger partial charge >= 0.3 is 5.97 Å². The summed E-state index contributed by atoms with van der Waals surface area (Å²) in [6.07, 6.45) is 5.36. The molecular weight excluding hydrogens is 244 g/mol. The number of carboxylic acid groups (broad SMARTS) is 1. The van der Waals surface area contributed by atoms with Gasteiger partial charge in [-0.15, -0.1) is 0 Å². The number of aliphatic carboxylic acids is 1. The van der Waals surface area contributed by atoms with E-state index in [1.165, 1.54) is 0 Å². The lowest BCUT2D eigenvalue weighted by Crippen LogP contribution is -2.33. The van der Waals surface area contributed by atoms with E-state index >= 15 is 0 Å². The number of ether oxygens (including phenoxy) is 1. The summed E-state index contributed by atoms with van der Waals surface area (Å²) in [4.78, 5) is 17.0. The van der Waals surface area contributed by atoms with Gasteiger partial charge in [-0.3, -0.25) is 0 Å². The number of carboxylic acids is 1. The van der Waals surface area contributed by atoms with E-state index in [0.717, 1.165) is 42.7 Å². The van der Waals surface area contributed by atoms with Crippen LogP contribution in [0.5, 0.6) is 0 Å². The number of anilines is 1. The highest BCUT2D eigenvalue weighted by Crippen LogP contribution is 2.22. The molecule has 0 spiro atoms. The minimum Gasteiger partial charge on any atom is -0.478 e. The Morgan fingerprint density at radius 1 is 1.63 bits per heavy atom. The minimum absolute atomic E-state index is 0.367. The maximum Gasteiger partial charge on any atom is 0.328 e. The van der Waals surface area contributed by atoms with Gasteiger partial charge in [-0.1, -0.05) is 0 Å². The van der Waals surface area contributed by atoms with E-state index in [4.69, 9.17) is 9.84 Å². The van der Waals surface area contributed by atoms with Crippen LogP contribution in [-0.2, 0) is 9.53 Å². The van der Waals surface area contributed by atoms with Crippen LogP contribution >= 0.6 is 0 Å². The second kappa shape index (κ2) is 5.84. The smallest absolute Gasteiger partial charge is 0.328 e. The monoisotopic (exact) mass is 262 g/mol. The normalized spacial score (nSPS) is 18.9. The van der Waals surface area contributed by atoms with Crippen molar-refractivity contribution in [1.29, 1.82) is 0 Å². The van der Waals surface area contributed by atoms with Crippen molar-refractivity contribution in [3.05, 3.63) is 29.5 Å². The molecule has 1 aromatic rings. The van der Waals surface area contributed by atoms with Crippen molar-refractivity contribution in [3.63, 3.8) is 0 Å². The highest BCUT2D eigenvalue weighted by atomic mass is 16.5. The van der Waals surface area contributed by atoms with Gasteiger partial charge in [0.25, 0.3) is 0 Å². The van der Waals surface area contributed by atoms with Crippen LogP contribution in [0.4, 0.5) is 5.82 Å². The summed E-state index contributed by atoms with van der Waals surface area (Å²) in [6, 6.07) is 2.31. The maximum absolute atomic E-state index is 10.5. The Kier molecular flexibility index (Phi) is 4.16. The Balaban J connectivity index is 2.16. The van der Waals surface area contributed by atoms with Crippen LogP contribution in [0.1, 0.15) is 17.5 Å². The van der Waals surface area contributed by atoms with Crippen molar-refractivity contribution in [2.45, 2.75) is 19.4 Å². The van der Waals surface area contributed by atoms with E-state index < -0.39 is 5.97 Å². The van der Waals surface area contributed by atoms with Crippen molar-refractivity contribution >= 4 is 17.9 Å². The molecule has 5 nitrogen and oxygen atoms in total. The summed E-state index contributed by atoms with van der Waals surface area (Å²) in [6.45, 7) is 3.51. The van der Waals surface area contributed by atoms with Crippen molar-refractivity contribution in [3.8, 4) is 0 Å². The van der Waals surface area contributed by atoms with Crippen LogP contribution in [0.3, 0.4) is 0 Å². The lowest BCUT2D eigenvalue weighted by atomic mass is 10.1. The molecule has 0 saturated carbocycles. The summed E-state index contributed by atoms with van der Waals surface area (Å²) >= 11 is 0. The fraction of sp³-hybridized carbons (Fsp3) is 0.429. The zero-order chi connectivity index (χ0) is 13.8. The van der Waals surface area contributed by atoms with Gasteiger partial charge in [-0.25, -0.2) is 9.78 Å². The topological polar surface area (TPSA) is 62.7 Å². The quantitative estimate of drug-likeness (QED) is 0.837. The van der Waals surface area contributed by atoms with Crippen LogP contribution in [0.2, 0.25) is 0 Å². The molecule has 1 saturated heterocycles. The number of aromatic nitrogens is 1. The van der Waals surface area contributed by atoms with E-state index in [1.807, 2.05) is 20.0 Å². The van der Waals surface area contributed by atoms with Crippen LogP contribution in [0.15, 0.2) is 18.3 Å². The molecule has 102 valence electrons. The zero-order valence-electron chi connectivity index (χ0n) is 11.2. The molecule has 1 unspecified atom stereocenters. The van der Waals surface area contributed by atoms with Gasteiger partial charge in [0.1, 0.15) is 5.82 Å². The first-order valence-electron chi connectivity index (χ1n) is 6.26. The molecule has 0 aliphatic carbocycles. The molecule has 0 amide bonds. The Hall–Kier alpha value is -1.88. The number of likely N-dealkylation sites (N-methyl/N-ethyl adjacent to an activating group) is 1. The van der Waals surface area contributed by atoms with Gasteiger partial charge in [-0.05, 0) is 36.6 Å². The van der Waals surface area contributed by atoms with Crippen LogP contribution in [-0.4, -0.2) is 42.4 Å². The second-order valence-electron chi connectivity index (χ2n) is 4.71. The number of nitrogens with zero attached hydrogens (tertiary/aromatic N) is 2. The van der Waals surface area contributed by atoms with E-state index in [2.05, 4.69) is 9.88 Å². The van der Waals surface area contributed by atoms with E-state index in [-0.39, 0.29) is 0 Å². The van der Waals surface area contributed by atoms with Gasteiger partial charge in [0.05, 0.1) is 12.6 Å². The van der Waals surface area contributed by atoms with Crippen molar-refractivity contribution in [1.82, 2.24) is 4.98 Å². The lowest BCUT2D eigenvalue weighted by Gasteiger charge is -2.25. The maximum atomic E-state index is 10.5. The highest BCUT2D eigenvalue weighted by Gasteiger charge is 2.22. The largest absolute Gasteiger partial charge is 0.478 e. The van der Waals surface area contributed by atoms with Gasteiger partial charge < -0.3 is 14.7 Å². The fourth-order valence-electron chi connectivity index (χ4n) is 2.22. The number of hydrogen-bond acceptors (Lipinski definition) is 4. The van der Waals surface area contributed by atoms with Crippen LogP contribution in [0, 0.1) is 6.92 Å². The average Bonchev–Trinajstić information content (AvgIpc) is 2.89. The molecule has 1 aliphatic heterocycles. The van der Waals surface area contributed by atoms with Crippen molar-refractivity contribution in [2.75, 3.05) is 25.2 Å². The Labute approximate surface area is 112 Å². The molecule has 1 aromatic heterocycles. The van der Waals surface area contributed by atoms with E-state index in [0.29, 0.717) is 6.04 Å². The summed E-state index contributed by atoms with van der Waals surface area (Å²) in [5, 5.41) is 8.60. The predicted octanol–water partition coefficient (Wildman–Crippen LogP) is 1.71. The molecule has 0 radical (unpaired) electrons. The zero-order valence-corrected chi connectivity index (χ0v) is 11.2. The standard InChI is InChI=1S/C14H18N2O3/c1-10-7-11(3-4-13(17)18)8-15-14(10)16(2)12-5-6-19-9-12/h3-4,7-8,12H,5-6,9H2,1-2H3,(H,17,18)/b4-3+. The Morgan fingerprint density at radius 3 is 3.00 bits per heavy atom. The molecule has 19 heavy (non-hydrogen) atoms. The molecule has 1 N–H and O–H groups in total. The van der Waals surface area contributed by atoms with Crippen molar-refractivity contribution in [2.24, 2.45) is 0 Å². The molecule has 1 aliphatic rings. The SMILES string of the molecule is Cc1cc(/C=C/C(=O)O)cnc1N(C)C1CCOC1. The fourth-order valence-corrected chi connectivity index (χ4v) is 2.22. The summed E-state index contributed by atoms with van der Waals surface area (Å²) in [5.74, 6) is -0.0371. The van der Waals surface area contributed by atoms with Crippen LogP contribution < -0.4 is 4.90 Å².